The molecular formula is C19H13ClFN3S. The van der Waals surface area contributed by atoms with Gasteiger partial charge in [0.2, 0.25) is 0 Å². The third-order valence-electron chi connectivity index (χ3n) is 3.96. The molecule has 0 aliphatic rings. The van der Waals surface area contributed by atoms with Crippen LogP contribution >= 0.6 is 22.9 Å². The quantitative estimate of drug-likeness (QED) is 0.467. The van der Waals surface area contributed by atoms with Gasteiger partial charge in [0.1, 0.15) is 22.8 Å². The predicted octanol–water partition coefficient (Wildman–Crippen LogP) is 6.20. The van der Waals surface area contributed by atoms with Gasteiger partial charge in [-0.2, -0.15) is 0 Å². The lowest BCUT2D eigenvalue weighted by Gasteiger charge is -2.09. The molecule has 4 rings (SSSR count). The number of hydrogen-bond acceptors (Lipinski definition) is 4. The second kappa shape index (κ2) is 6.43. The molecule has 124 valence electrons. The van der Waals surface area contributed by atoms with Crippen LogP contribution in [-0.2, 0) is 0 Å². The van der Waals surface area contributed by atoms with E-state index >= 15 is 0 Å². The molecule has 0 aliphatic carbocycles. The van der Waals surface area contributed by atoms with E-state index in [-0.39, 0.29) is 5.82 Å². The summed E-state index contributed by atoms with van der Waals surface area (Å²) in [6.45, 7) is 1.74. The lowest BCUT2D eigenvalue weighted by atomic mass is 10.1. The molecular weight excluding hydrogens is 357 g/mol. The SMILES string of the molecule is Cc1ccc(Nc2ncnc3scc(-c4ccc(Cl)cc4)c23)cc1F. The van der Waals surface area contributed by atoms with E-state index in [0.717, 1.165) is 21.3 Å². The topological polar surface area (TPSA) is 37.8 Å². The highest BCUT2D eigenvalue weighted by Gasteiger charge is 2.13. The number of fused-ring (bicyclic) bond motifs is 1. The Morgan fingerprint density at radius 1 is 1.08 bits per heavy atom. The molecule has 0 aliphatic heterocycles. The number of halogens is 2. The number of anilines is 2. The molecule has 0 fully saturated rings. The van der Waals surface area contributed by atoms with Crippen LogP contribution in [0, 0.1) is 12.7 Å². The zero-order valence-corrected chi connectivity index (χ0v) is 14.8. The summed E-state index contributed by atoms with van der Waals surface area (Å²) in [6, 6.07) is 12.7. The summed E-state index contributed by atoms with van der Waals surface area (Å²) in [4.78, 5) is 9.58. The number of hydrogen-bond donors (Lipinski definition) is 1. The van der Waals surface area contributed by atoms with Crippen molar-refractivity contribution in [3.63, 3.8) is 0 Å². The number of aryl methyl sites for hydroxylation is 1. The van der Waals surface area contributed by atoms with Crippen molar-refractivity contribution in [3.8, 4) is 11.1 Å². The van der Waals surface area contributed by atoms with Gasteiger partial charge in [-0.3, -0.25) is 0 Å². The standard InChI is InChI=1S/C19H13ClFN3S/c1-11-2-7-14(8-16(11)21)24-18-17-15(9-25-19(17)23-10-22-18)12-3-5-13(20)6-4-12/h2-10H,1H3,(H,22,23,24). The zero-order chi connectivity index (χ0) is 17.4. The fraction of sp³-hybridized carbons (Fsp3) is 0.0526. The first-order valence-corrected chi connectivity index (χ1v) is 8.89. The lowest BCUT2D eigenvalue weighted by molar-refractivity contribution is 0.619. The maximum atomic E-state index is 13.8. The van der Waals surface area contributed by atoms with E-state index in [2.05, 4.69) is 15.3 Å². The maximum Gasteiger partial charge on any atom is 0.143 e. The molecule has 4 aromatic rings. The van der Waals surface area contributed by atoms with Gasteiger partial charge in [0.25, 0.3) is 0 Å². The average molecular weight is 370 g/mol. The van der Waals surface area contributed by atoms with Gasteiger partial charge in [0, 0.05) is 21.7 Å². The van der Waals surface area contributed by atoms with E-state index in [1.54, 1.807) is 24.3 Å². The van der Waals surface area contributed by atoms with E-state index in [0.29, 0.717) is 22.1 Å². The Bertz CT molecular complexity index is 1060. The summed E-state index contributed by atoms with van der Waals surface area (Å²) in [6.07, 6.45) is 1.51. The van der Waals surface area contributed by atoms with Gasteiger partial charge < -0.3 is 5.32 Å². The summed E-state index contributed by atoms with van der Waals surface area (Å²) in [5.41, 5.74) is 3.31. The highest BCUT2D eigenvalue weighted by Crippen LogP contribution is 2.37. The van der Waals surface area contributed by atoms with Crippen molar-refractivity contribution < 1.29 is 4.39 Å². The third-order valence-corrected chi connectivity index (χ3v) is 5.10. The molecule has 0 amide bonds. The second-order valence-electron chi connectivity index (χ2n) is 5.65. The van der Waals surface area contributed by atoms with Crippen LogP contribution in [0.2, 0.25) is 5.02 Å². The first-order valence-electron chi connectivity index (χ1n) is 7.63. The maximum absolute atomic E-state index is 13.8. The van der Waals surface area contributed by atoms with Crippen LogP contribution in [0.1, 0.15) is 5.56 Å². The zero-order valence-electron chi connectivity index (χ0n) is 13.3. The summed E-state index contributed by atoms with van der Waals surface area (Å²) in [5.74, 6) is 0.401. The number of aromatic nitrogens is 2. The fourth-order valence-electron chi connectivity index (χ4n) is 2.62. The molecule has 3 nitrogen and oxygen atoms in total. The van der Waals surface area contributed by atoms with Crippen LogP contribution in [-0.4, -0.2) is 9.97 Å². The summed E-state index contributed by atoms with van der Waals surface area (Å²) >= 11 is 7.53. The van der Waals surface area contributed by atoms with E-state index in [4.69, 9.17) is 11.6 Å². The first-order chi connectivity index (χ1) is 12.1. The second-order valence-corrected chi connectivity index (χ2v) is 6.94. The van der Waals surface area contributed by atoms with Gasteiger partial charge in [0.05, 0.1) is 5.39 Å². The summed E-state index contributed by atoms with van der Waals surface area (Å²) in [7, 11) is 0. The Balaban J connectivity index is 1.82. The predicted molar refractivity (Wildman–Crippen MR) is 102 cm³/mol. The van der Waals surface area contributed by atoms with Gasteiger partial charge in [-0.05, 0) is 42.3 Å². The number of nitrogens with zero attached hydrogens (tertiary/aromatic N) is 2. The van der Waals surface area contributed by atoms with Gasteiger partial charge in [-0.25, -0.2) is 14.4 Å². The summed E-state index contributed by atoms with van der Waals surface area (Å²) in [5, 5.41) is 6.86. The molecule has 2 aromatic carbocycles. The van der Waals surface area contributed by atoms with Crippen LogP contribution in [0.15, 0.2) is 54.2 Å². The molecule has 0 bridgehead atoms. The minimum atomic E-state index is -0.251. The smallest absolute Gasteiger partial charge is 0.143 e. The average Bonchev–Trinajstić information content (AvgIpc) is 3.04. The fourth-order valence-corrected chi connectivity index (χ4v) is 3.66. The first kappa shape index (κ1) is 16.0. The van der Waals surface area contributed by atoms with Gasteiger partial charge in [0.15, 0.2) is 0 Å². The van der Waals surface area contributed by atoms with Gasteiger partial charge in [-0.1, -0.05) is 29.8 Å². The number of thiophene rings is 1. The monoisotopic (exact) mass is 369 g/mol. The van der Waals surface area contributed by atoms with Gasteiger partial charge in [-0.15, -0.1) is 11.3 Å². The molecule has 2 heterocycles. The molecule has 0 radical (unpaired) electrons. The van der Waals surface area contributed by atoms with Crippen LogP contribution < -0.4 is 5.32 Å². The Morgan fingerprint density at radius 2 is 1.88 bits per heavy atom. The van der Waals surface area contributed by atoms with Crippen molar-refractivity contribution >= 4 is 44.7 Å². The normalized spacial score (nSPS) is 11.0. The molecule has 0 unspecified atom stereocenters. The third kappa shape index (κ3) is 3.08. The molecule has 2 aromatic heterocycles. The van der Waals surface area contributed by atoms with E-state index < -0.39 is 0 Å². The van der Waals surface area contributed by atoms with E-state index in [1.807, 2.05) is 35.7 Å². The molecule has 0 saturated carbocycles. The molecule has 0 atom stereocenters. The Labute approximate surface area is 153 Å². The molecule has 0 saturated heterocycles. The van der Waals surface area contributed by atoms with E-state index in [1.165, 1.54) is 12.4 Å². The number of benzene rings is 2. The van der Waals surface area contributed by atoms with Crippen LogP contribution in [0.5, 0.6) is 0 Å². The largest absolute Gasteiger partial charge is 0.339 e. The highest BCUT2D eigenvalue weighted by atomic mass is 35.5. The van der Waals surface area contributed by atoms with Crippen molar-refractivity contribution in [3.05, 3.63) is 70.6 Å². The minimum absolute atomic E-state index is 0.251. The molecule has 1 N–H and O–H groups in total. The van der Waals surface area contributed by atoms with Crippen LogP contribution in [0.3, 0.4) is 0 Å². The molecule has 6 heteroatoms. The summed E-state index contributed by atoms with van der Waals surface area (Å²) < 4.78 is 13.8. The Kier molecular flexibility index (Phi) is 4.11. The van der Waals surface area contributed by atoms with Crippen molar-refractivity contribution in [1.29, 1.82) is 0 Å². The van der Waals surface area contributed by atoms with Crippen molar-refractivity contribution in [1.82, 2.24) is 9.97 Å². The lowest BCUT2D eigenvalue weighted by Crippen LogP contribution is -1.96. The van der Waals surface area contributed by atoms with Crippen molar-refractivity contribution in [2.45, 2.75) is 6.92 Å². The van der Waals surface area contributed by atoms with Crippen LogP contribution in [0.25, 0.3) is 21.3 Å². The minimum Gasteiger partial charge on any atom is -0.339 e. The molecule has 25 heavy (non-hydrogen) atoms. The van der Waals surface area contributed by atoms with E-state index in [9.17, 15) is 4.39 Å². The molecule has 0 spiro atoms. The van der Waals surface area contributed by atoms with Gasteiger partial charge >= 0.3 is 0 Å². The van der Waals surface area contributed by atoms with Crippen molar-refractivity contribution in [2.75, 3.05) is 5.32 Å². The van der Waals surface area contributed by atoms with Crippen LogP contribution in [0.4, 0.5) is 15.9 Å². The van der Waals surface area contributed by atoms with Crippen molar-refractivity contribution in [2.24, 2.45) is 0 Å². The number of nitrogens with one attached hydrogen (secondary N) is 1. The Hall–Kier alpha value is -2.50. The Morgan fingerprint density at radius 3 is 2.64 bits per heavy atom. The highest BCUT2D eigenvalue weighted by molar-refractivity contribution is 7.17. The number of rotatable bonds is 3.